The average molecular weight is 1770 g/mol. The maximum Gasteiger partial charge on any atom is 0.0645 e. The number of rotatable bonds is 15. The number of fused-ring (bicyclic) bond motifs is 20. The largest absolute Gasteiger partial charge is 0.356 e. The van der Waals surface area contributed by atoms with Gasteiger partial charge in [-0.15, -0.1) is 22.7 Å². The second-order valence-electron chi connectivity index (χ2n) is 32.9. The van der Waals surface area contributed by atoms with Gasteiger partial charge in [0.1, 0.15) is 0 Å². The number of hydrogen-bond acceptors (Lipinski definition) is 6. The predicted octanol–water partition coefficient (Wildman–Crippen LogP) is 36.7. The first kappa shape index (κ1) is 69.5. The monoisotopic (exact) mass is 1760 g/mol. The molecule has 0 aliphatic carbocycles. The molecule has 0 unspecified atom stereocenters. The number of halogens is 1. The van der Waals surface area contributed by atoms with Gasteiger partial charge >= 0.3 is 0 Å². The predicted molar refractivity (Wildman–Crippen MR) is 573 cm³/mol. The van der Waals surface area contributed by atoms with Crippen LogP contribution in [0.3, 0.4) is 0 Å². The molecule has 0 radical (unpaired) electrons. The van der Waals surface area contributed by atoms with Gasteiger partial charge in [-0.1, -0.05) is 303 Å². The molecule has 26 aromatic rings. The Morgan fingerprint density at radius 2 is 0.579 bits per heavy atom. The fourth-order valence-electron chi connectivity index (χ4n) is 19.4. The Hall–Kier alpha value is -16.6. The first-order chi connectivity index (χ1) is 70.0. The molecule has 0 bridgehead atoms. The van der Waals surface area contributed by atoms with E-state index in [0.717, 1.165) is 122 Å². The summed E-state index contributed by atoms with van der Waals surface area (Å²) in [6.45, 7) is 0. The van der Waals surface area contributed by atoms with Crippen LogP contribution in [0.5, 0.6) is 0 Å². The number of hydrogen-bond donors (Lipinski definition) is 1. The van der Waals surface area contributed by atoms with Crippen LogP contribution < -0.4 is 20.0 Å². The zero-order valence-corrected chi connectivity index (χ0v) is 73.9. The molecule has 628 valence electrons. The summed E-state index contributed by atoms with van der Waals surface area (Å²) in [7, 11) is 0. The molecule has 0 saturated carbocycles. The summed E-state index contributed by atoms with van der Waals surface area (Å²) >= 11 is 10.6. The molecule has 0 aliphatic heterocycles. The molecular weight excluding hydrogens is 1670 g/mol. The Labute approximate surface area is 797 Å². The van der Waals surface area contributed by atoms with Crippen LogP contribution in [-0.4, -0.2) is 9.13 Å². The number of aromatic nitrogens is 2. The molecule has 4 aromatic heterocycles. The van der Waals surface area contributed by atoms with Crippen LogP contribution in [0.25, 0.3) is 161 Å². The van der Waals surface area contributed by atoms with E-state index in [1.807, 2.05) is 144 Å². The molecule has 22 aromatic carbocycles. The number of nitrogens with zero attached hydrogens (tertiary/aromatic N) is 5. The van der Waals surface area contributed by atoms with Crippen molar-refractivity contribution < 1.29 is 13.7 Å². The van der Waals surface area contributed by atoms with Gasteiger partial charge in [-0.05, 0) is 272 Å². The smallest absolute Gasteiger partial charge is 0.0645 e. The molecule has 0 amide bonds. The summed E-state index contributed by atoms with van der Waals surface area (Å²) in [5.74, 6) is 0. The molecular formula is C124H83ClN6S2. The van der Waals surface area contributed by atoms with Gasteiger partial charge in [0.2, 0.25) is 0 Å². The van der Waals surface area contributed by atoms with Crippen LogP contribution in [0.1, 0.15) is 13.7 Å². The Bertz CT molecular complexity index is 9510. The first-order valence-electron chi connectivity index (χ1n) is 49.2. The van der Waals surface area contributed by atoms with E-state index < -0.39 is 36.3 Å². The van der Waals surface area contributed by atoms with E-state index in [-0.39, 0.29) is 35.5 Å². The fourth-order valence-corrected chi connectivity index (χ4v) is 21.8. The molecule has 0 saturated heterocycles. The standard InChI is InChI=1S/C62H41N3S.C44H29ClN2.C18H13NS/c1-5-20-44(21-6-1)63(45-22-7-2-8-23-45)49-37-43(38-50(39-49)64(46-24-9-3-10-25-46)48-34-36-60-56(40-48)53-30-17-18-32-59(53)66-60)55-41-58-62(54-31-16-15-29-52(54)55)61-51-28-14-13-19-42(51)33-35-57(61)65(58)47-26-11-4-12-27-47;45-32-26-31(27-36(28-32)46(33-15-4-1-5-16-33)34-17-6-2-7-18-34)40-29-42-44(39-23-13-12-22-38(39)40)43-37-21-11-10-14-30(37)24-25-41(43)47(42)35-19-8-3-9-20-35;1-2-6-13(7-3-1)19-14-10-11-18-16(12-14)15-8-4-5-9-17(15)20-18/h1-41H;1-29H;1-12,19H/i1D,5D,6D,20D,21D;1D,4D,5D,15D,16D;. The first-order valence-corrected chi connectivity index (χ1v) is 46.2. The summed E-state index contributed by atoms with van der Waals surface area (Å²) in [5.41, 5.74) is 17.5. The maximum absolute atomic E-state index is 9.40. The Morgan fingerprint density at radius 3 is 1.05 bits per heavy atom. The van der Waals surface area contributed by atoms with Crippen molar-refractivity contribution in [3.05, 3.63) is 502 Å². The molecule has 1 N–H and O–H groups in total. The van der Waals surface area contributed by atoms with Crippen LogP contribution in [0.4, 0.5) is 62.6 Å². The SMILES string of the molecule is [2H]c1c([2H])c([2H])c(N(c2ccccc2)c2cc(-c3cc4c(c5ccccc35)c3c5ccccc5ccc3n4-c3ccccc3)cc(N(c3ccccc3)c3ccc4sc5ccccc5c4c3)c2)c([2H])c1[2H].[2H]c1c([2H])c([2H])c(N(c2ccccc2)c2cc(Cl)cc(-c3cc4c(c5ccccc35)c3c5ccccc5ccc3n4-c3ccccc3)c2)c([2H])c1[2H].c1ccc(Nc2ccc3sc4ccccc4c3c2)cc1. The normalized spacial score (nSPS) is 12.5. The van der Waals surface area contributed by atoms with Crippen molar-refractivity contribution in [3.8, 4) is 33.6 Å². The van der Waals surface area contributed by atoms with E-state index >= 15 is 0 Å². The minimum Gasteiger partial charge on any atom is -0.356 e. The number of thiophene rings is 2. The average Bonchev–Trinajstić information content (AvgIpc) is 1.56. The highest BCUT2D eigenvalue weighted by Crippen LogP contribution is 2.52. The van der Waals surface area contributed by atoms with Crippen LogP contribution in [0.2, 0.25) is 5.02 Å². The Balaban J connectivity index is 0.000000133. The van der Waals surface area contributed by atoms with E-state index in [1.54, 1.807) is 22.3 Å². The number of anilines is 11. The fraction of sp³-hybridized carbons (Fsp3) is 0. The Kier molecular flexibility index (Phi) is 18.0. The second-order valence-corrected chi connectivity index (χ2v) is 35.5. The lowest BCUT2D eigenvalue weighted by atomic mass is 9.93. The number of nitrogens with one attached hydrogen (secondary N) is 1. The molecule has 0 aliphatic rings. The Morgan fingerprint density at radius 1 is 0.226 bits per heavy atom. The van der Waals surface area contributed by atoms with E-state index in [0.29, 0.717) is 27.8 Å². The van der Waals surface area contributed by atoms with Crippen LogP contribution in [0.15, 0.2) is 497 Å². The third kappa shape index (κ3) is 14.7. The quantitative estimate of drug-likeness (QED) is 0.111. The molecule has 133 heavy (non-hydrogen) atoms. The van der Waals surface area contributed by atoms with Crippen LogP contribution >= 0.6 is 34.3 Å². The van der Waals surface area contributed by atoms with Crippen molar-refractivity contribution in [2.75, 3.05) is 20.0 Å². The zero-order valence-electron chi connectivity index (χ0n) is 81.5. The van der Waals surface area contributed by atoms with Gasteiger partial charge in [0.05, 0.1) is 35.8 Å². The maximum atomic E-state index is 9.40. The summed E-state index contributed by atoms with van der Waals surface area (Å²) in [5, 5.41) is 22.6. The summed E-state index contributed by atoms with van der Waals surface area (Å²) in [4.78, 5) is 5.78. The summed E-state index contributed by atoms with van der Waals surface area (Å²) in [6, 6.07) is 147. The van der Waals surface area contributed by atoms with Gasteiger partial charge in [0, 0.05) is 141 Å². The lowest BCUT2D eigenvalue weighted by molar-refractivity contribution is 1.18. The molecule has 6 nitrogen and oxygen atoms in total. The van der Waals surface area contributed by atoms with E-state index in [1.165, 1.54) is 67.3 Å². The van der Waals surface area contributed by atoms with Gasteiger partial charge < -0.3 is 29.2 Å². The second kappa shape index (κ2) is 34.4. The molecule has 9 heteroatoms. The third-order valence-corrected chi connectivity index (χ3v) is 27.6. The molecule has 0 fully saturated rings. The van der Waals surface area contributed by atoms with Crippen molar-refractivity contribution in [3.63, 3.8) is 0 Å². The zero-order chi connectivity index (χ0) is 96.9. The molecule has 26 rings (SSSR count). The van der Waals surface area contributed by atoms with E-state index in [2.05, 4.69) is 323 Å². The molecule has 4 heterocycles. The number of benzene rings is 22. The van der Waals surface area contributed by atoms with Gasteiger partial charge in [-0.2, -0.15) is 0 Å². The third-order valence-electron chi connectivity index (χ3n) is 25.1. The van der Waals surface area contributed by atoms with Crippen LogP contribution in [-0.2, 0) is 0 Å². The molecule has 0 spiro atoms. The highest BCUT2D eigenvalue weighted by atomic mass is 35.5. The lowest BCUT2D eigenvalue weighted by Gasteiger charge is -2.30. The van der Waals surface area contributed by atoms with Crippen molar-refractivity contribution in [2.24, 2.45) is 0 Å². The minimum atomic E-state index is -0.445. The number of para-hydroxylation sites is 8. The van der Waals surface area contributed by atoms with Gasteiger partial charge in [0.25, 0.3) is 0 Å². The lowest BCUT2D eigenvalue weighted by Crippen LogP contribution is -2.13. The summed E-state index contributed by atoms with van der Waals surface area (Å²) < 4.78 is 97.9. The highest BCUT2D eigenvalue weighted by molar-refractivity contribution is 7.26. The van der Waals surface area contributed by atoms with Crippen molar-refractivity contribution in [1.82, 2.24) is 9.13 Å². The van der Waals surface area contributed by atoms with Crippen LogP contribution in [0, 0.1) is 0 Å². The van der Waals surface area contributed by atoms with Gasteiger partial charge in [-0.25, -0.2) is 0 Å². The molecule has 0 atom stereocenters. The van der Waals surface area contributed by atoms with E-state index in [4.69, 9.17) is 22.6 Å². The minimum absolute atomic E-state index is 0.0433. The highest BCUT2D eigenvalue weighted by Gasteiger charge is 2.27. The summed E-state index contributed by atoms with van der Waals surface area (Å²) in [6.07, 6.45) is 0. The van der Waals surface area contributed by atoms with E-state index in [9.17, 15) is 2.74 Å². The van der Waals surface area contributed by atoms with Crippen molar-refractivity contribution >= 4 is 224 Å². The van der Waals surface area contributed by atoms with Crippen molar-refractivity contribution in [1.29, 1.82) is 0 Å². The van der Waals surface area contributed by atoms with Crippen molar-refractivity contribution in [2.45, 2.75) is 0 Å². The van der Waals surface area contributed by atoms with Gasteiger partial charge in [-0.3, -0.25) is 0 Å². The topological polar surface area (TPSA) is 31.6 Å². The van der Waals surface area contributed by atoms with Gasteiger partial charge in [0.15, 0.2) is 0 Å².